The van der Waals surface area contributed by atoms with E-state index in [-0.39, 0.29) is 11.8 Å². The van der Waals surface area contributed by atoms with E-state index in [1.54, 1.807) is 12.1 Å². The van der Waals surface area contributed by atoms with E-state index < -0.39 is 11.7 Å². The molecule has 0 spiro atoms. The summed E-state index contributed by atoms with van der Waals surface area (Å²) < 4.78 is 39.5. The number of halogens is 3. The Hall–Kier alpha value is -1.03. The summed E-state index contributed by atoms with van der Waals surface area (Å²) in [5.41, 5.74) is 5.75. The van der Waals surface area contributed by atoms with Gasteiger partial charge in [0.2, 0.25) is 0 Å². The van der Waals surface area contributed by atoms with Crippen molar-refractivity contribution >= 4 is 0 Å². The van der Waals surface area contributed by atoms with Gasteiger partial charge in [-0.25, -0.2) is 0 Å². The maximum atomic E-state index is 13.2. The molecule has 0 heterocycles. The Bertz CT molecular complexity index is 442. The monoisotopic (exact) mass is 285 g/mol. The van der Waals surface area contributed by atoms with Crippen molar-refractivity contribution in [2.45, 2.75) is 44.7 Å². The van der Waals surface area contributed by atoms with Crippen molar-refractivity contribution in [3.05, 3.63) is 35.4 Å². The summed E-state index contributed by atoms with van der Waals surface area (Å²) in [6, 6.07) is 5.99. The van der Waals surface area contributed by atoms with E-state index >= 15 is 0 Å². The largest absolute Gasteiger partial charge is 0.416 e. The minimum absolute atomic E-state index is 0.0588. The zero-order valence-corrected chi connectivity index (χ0v) is 11.8. The number of rotatable bonds is 3. The molecular formula is C16H22F3N. The van der Waals surface area contributed by atoms with Crippen molar-refractivity contribution < 1.29 is 13.2 Å². The lowest BCUT2D eigenvalue weighted by atomic mass is 9.69. The number of benzene rings is 1. The molecule has 0 saturated heterocycles. The van der Waals surface area contributed by atoms with Gasteiger partial charge in [0.1, 0.15) is 0 Å². The SMILES string of the molecule is CCC1CCC(CN)C(c2ccccc2C(F)(F)F)C1. The van der Waals surface area contributed by atoms with E-state index in [1.807, 2.05) is 0 Å². The summed E-state index contributed by atoms with van der Waals surface area (Å²) in [6.45, 7) is 2.58. The average molecular weight is 285 g/mol. The number of alkyl halides is 3. The number of hydrogen-bond donors (Lipinski definition) is 1. The van der Waals surface area contributed by atoms with Crippen LogP contribution in [0.2, 0.25) is 0 Å². The Morgan fingerprint density at radius 3 is 2.50 bits per heavy atom. The lowest BCUT2D eigenvalue weighted by Gasteiger charge is -2.36. The molecule has 1 aromatic rings. The van der Waals surface area contributed by atoms with Crippen LogP contribution in [0.4, 0.5) is 13.2 Å². The highest BCUT2D eigenvalue weighted by Gasteiger charge is 2.38. The van der Waals surface area contributed by atoms with Gasteiger partial charge in [0, 0.05) is 0 Å². The quantitative estimate of drug-likeness (QED) is 0.864. The third-order valence-corrected chi connectivity index (χ3v) is 4.65. The lowest BCUT2D eigenvalue weighted by molar-refractivity contribution is -0.138. The lowest BCUT2D eigenvalue weighted by Crippen LogP contribution is -2.30. The third-order valence-electron chi connectivity index (χ3n) is 4.65. The Morgan fingerprint density at radius 2 is 1.90 bits per heavy atom. The van der Waals surface area contributed by atoms with Crippen molar-refractivity contribution in [2.24, 2.45) is 17.6 Å². The summed E-state index contributed by atoms with van der Waals surface area (Å²) in [4.78, 5) is 0. The maximum absolute atomic E-state index is 13.2. The van der Waals surface area contributed by atoms with Gasteiger partial charge in [0.05, 0.1) is 5.56 Å². The standard InChI is InChI=1S/C16H22F3N/c1-2-11-7-8-12(10-20)14(9-11)13-5-3-4-6-15(13)16(17,18)19/h3-6,11-12,14H,2,7-10,20H2,1H3. The van der Waals surface area contributed by atoms with Crippen LogP contribution in [0.3, 0.4) is 0 Å². The van der Waals surface area contributed by atoms with E-state index in [0.717, 1.165) is 25.7 Å². The minimum atomic E-state index is -4.28. The zero-order valence-electron chi connectivity index (χ0n) is 11.8. The van der Waals surface area contributed by atoms with Crippen LogP contribution in [0, 0.1) is 11.8 Å². The highest BCUT2D eigenvalue weighted by Crippen LogP contribution is 2.45. The van der Waals surface area contributed by atoms with Crippen LogP contribution < -0.4 is 5.73 Å². The first-order chi connectivity index (χ1) is 9.47. The van der Waals surface area contributed by atoms with Crippen LogP contribution in [0.15, 0.2) is 24.3 Å². The average Bonchev–Trinajstić information content (AvgIpc) is 2.45. The molecule has 4 heteroatoms. The van der Waals surface area contributed by atoms with E-state index in [1.165, 1.54) is 12.1 Å². The van der Waals surface area contributed by atoms with E-state index in [0.29, 0.717) is 18.0 Å². The predicted molar refractivity (Wildman–Crippen MR) is 74.4 cm³/mol. The van der Waals surface area contributed by atoms with E-state index in [9.17, 15) is 13.2 Å². The fourth-order valence-electron chi connectivity index (χ4n) is 3.43. The maximum Gasteiger partial charge on any atom is 0.416 e. The smallest absolute Gasteiger partial charge is 0.330 e. The van der Waals surface area contributed by atoms with Gasteiger partial charge in [0.25, 0.3) is 0 Å². The van der Waals surface area contributed by atoms with Gasteiger partial charge < -0.3 is 5.73 Å². The first kappa shape index (κ1) is 15.4. The van der Waals surface area contributed by atoms with Gasteiger partial charge in [0.15, 0.2) is 0 Å². The van der Waals surface area contributed by atoms with Gasteiger partial charge in [-0.15, -0.1) is 0 Å². The molecule has 0 aliphatic heterocycles. The van der Waals surface area contributed by atoms with Gasteiger partial charge in [-0.1, -0.05) is 38.0 Å². The summed E-state index contributed by atoms with van der Waals surface area (Å²) in [5, 5.41) is 0. The van der Waals surface area contributed by atoms with Crippen molar-refractivity contribution in [3.63, 3.8) is 0 Å². The van der Waals surface area contributed by atoms with Crippen molar-refractivity contribution in [1.29, 1.82) is 0 Å². The predicted octanol–water partition coefficient (Wildman–Crippen LogP) is 4.57. The number of nitrogens with two attached hydrogens (primary N) is 1. The molecule has 1 fully saturated rings. The Morgan fingerprint density at radius 1 is 1.20 bits per heavy atom. The molecule has 1 aromatic carbocycles. The molecule has 3 unspecified atom stereocenters. The molecule has 20 heavy (non-hydrogen) atoms. The molecule has 0 aromatic heterocycles. The number of hydrogen-bond acceptors (Lipinski definition) is 1. The fourth-order valence-corrected chi connectivity index (χ4v) is 3.43. The summed E-state index contributed by atoms with van der Waals surface area (Å²) in [6.07, 6.45) is -0.406. The van der Waals surface area contributed by atoms with Crippen LogP contribution in [0.1, 0.15) is 49.7 Å². The van der Waals surface area contributed by atoms with E-state index in [2.05, 4.69) is 6.92 Å². The van der Waals surface area contributed by atoms with Gasteiger partial charge >= 0.3 is 6.18 Å². The normalized spacial score (nSPS) is 27.6. The summed E-state index contributed by atoms with van der Waals surface area (Å²) in [7, 11) is 0. The summed E-state index contributed by atoms with van der Waals surface area (Å²) in [5.74, 6) is 0.627. The molecule has 2 N–H and O–H groups in total. The first-order valence-corrected chi connectivity index (χ1v) is 7.33. The third kappa shape index (κ3) is 3.17. The van der Waals surface area contributed by atoms with E-state index in [4.69, 9.17) is 5.73 Å². The zero-order chi connectivity index (χ0) is 14.8. The molecule has 1 saturated carbocycles. The first-order valence-electron chi connectivity index (χ1n) is 7.33. The summed E-state index contributed by atoms with van der Waals surface area (Å²) >= 11 is 0. The van der Waals surface area contributed by atoms with Crippen molar-refractivity contribution in [1.82, 2.24) is 0 Å². The molecule has 112 valence electrons. The minimum Gasteiger partial charge on any atom is -0.330 e. The van der Waals surface area contributed by atoms with Crippen LogP contribution >= 0.6 is 0 Å². The molecule has 1 nitrogen and oxygen atoms in total. The molecule has 1 aliphatic carbocycles. The van der Waals surface area contributed by atoms with Gasteiger partial charge in [-0.2, -0.15) is 13.2 Å². The highest BCUT2D eigenvalue weighted by atomic mass is 19.4. The second-order valence-electron chi connectivity index (χ2n) is 5.77. The topological polar surface area (TPSA) is 26.0 Å². The van der Waals surface area contributed by atoms with Crippen molar-refractivity contribution in [3.8, 4) is 0 Å². The van der Waals surface area contributed by atoms with Crippen LogP contribution in [-0.4, -0.2) is 6.54 Å². The Balaban J connectivity index is 2.37. The Kier molecular flexibility index (Phi) is 4.74. The molecular weight excluding hydrogens is 263 g/mol. The molecule has 0 radical (unpaired) electrons. The highest BCUT2D eigenvalue weighted by molar-refractivity contribution is 5.33. The molecule has 0 amide bonds. The van der Waals surface area contributed by atoms with Gasteiger partial charge in [-0.05, 0) is 48.8 Å². The van der Waals surface area contributed by atoms with Crippen LogP contribution in [0.25, 0.3) is 0 Å². The molecule has 1 aliphatic rings. The van der Waals surface area contributed by atoms with Crippen LogP contribution in [0.5, 0.6) is 0 Å². The van der Waals surface area contributed by atoms with Crippen LogP contribution in [-0.2, 0) is 6.18 Å². The molecule has 2 rings (SSSR count). The second-order valence-corrected chi connectivity index (χ2v) is 5.77. The van der Waals surface area contributed by atoms with Gasteiger partial charge in [-0.3, -0.25) is 0 Å². The molecule has 0 bridgehead atoms. The second kappa shape index (κ2) is 6.17. The fraction of sp³-hybridized carbons (Fsp3) is 0.625. The Labute approximate surface area is 118 Å². The van der Waals surface area contributed by atoms with Crippen molar-refractivity contribution in [2.75, 3.05) is 6.54 Å². The molecule has 3 atom stereocenters.